The molecular formula is C15H20O3. The van der Waals surface area contributed by atoms with Crippen molar-refractivity contribution >= 4 is 0 Å². The Morgan fingerprint density at radius 1 is 1.06 bits per heavy atom. The Morgan fingerprint density at radius 2 is 1.89 bits per heavy atom. The summed E-state index contributed by atoms with van der Waals surface area (Å²) in [5.41, 5.74) is 1.25. The van der Waals surface area contributed by atoms with Gasteiger partial charge >= 0.3 is 0 Å². The molecule has 0 aromatic heterocycles. The highest BCUT2D eigenvalue weighted by molar-refractivity contribution is 5.29. The third kappa shape index (κ3) is 2.25. The van der Waals surface area contributed by atoms with E-state index in [0.717, 1.165) is 31.8 Å². The van der Waals surface area contributed by atoms with Gasteiger partial charge in [-0.15, -0.1) is 0 Å². The number of hydrogen-bond acceptors (Lipinski definition) is 3. The van der Waals surface area contributed by atoms with Gasteiger partial charge in [0.1, 0.15) is 5.75 Å². The Kier molecular flexibility index (Phi) is 3.52. The fourth-order valence-electron chi connectivity index (χ4n) is 3.08. The second-order valence-corrected chi connectivity index (χ2v) is 5.07. The van der Waals surface area contributed by atoms with Crippen molar-refractivity contribution in [2.24, 2.45) is 5.92 Å². The smallest absolute Gasteiger partial charge is 0.118 e. The third-order valence-electron chi connectivity index (χ3n) is 4.02. The quantitative estimate of drug-likeness (QED) is 0.805. The van der Waals surface area contributed by atoms with E-state index in [2.05, 4.69) is 12.1 Å². The van der Waals surface area contributed by atoms with Crippen LogP contribution in [0, 0.1) is 5.92 Å². The van der Waals surface area contributed by atoms with Gasteiger partial charge < -0.3 is 14.2 Å². The molecule has 98 valence electrons. The van der Waals surface area contributed by atoms with Gasteiger partial charge in [0, 0.05) is 19.1 Å². The Labute approximate surface area is 108 Å². The Morgan fingerprint density at radius 3 is 2.67 bits per heavy atom. The molecule has 0 radical (unpaired) electrons. The molecule has 2 aliphatic rings. The minimum absolute atomic E-state index is 0.190. The van der Waals surface area contributed by atoms with Gasteiger partial charge in [-0.25, -0.2) is 0 Å². The summed E-state index contributed by atoms with van der Waals surface area (Å²) >= 11 is 0. The zero-order chi connectivity index (χ0) is 12.4. The number of benzene rings is 1. The van der Waals surface area contributed by atoms with Gasteiger partial charge in [-0.3, -0.25) is 0 Å². The maximum atomic E-state index is 5.99. The molecule has 18 heavy (non-hydrogen) atoms. The van der Waals surface area contributed by atoms with Crippen LogP contribution in [0.25, 0.3) is 0 Å². The summed E-state index contributed by atoms with van der Waals surface area (Å²) in [6, 6.07) is 8.24. The molecule has 2 heterocycles. The summed E-state index contributed by atoms with van der Waals surface area (Å²) in [6.45, 7) is 1.72. The van der Waals surface area contributed by atoms with Gasteiger partial charge in [0.2, 0.25) is 0 Å². The zero-order valence-electron chi connectivity index (χ0n) is 10.8. The van der Waals surface area contributed by atoms with Crippen molar-refractivity contribution in [3.8, 4) is 5.75 Å². The maximum absolute atomic E-state index is 5.99. The first-order chi connectivity index (χ1) is 8.88. The summed E-state index contributed by atoms with van der Waals surface area (Å²) in [4.78, 5) is 0. The highest BCUT2D eigenvalue weighted by Gasteiger charge is 2.37. The lowest BCUT2D eigenvalue weighted by Gasteiger charge is -2.41. The third-order valence-corrected chi connectivity index (χ3v) is 4.02. The van der Waals surface area contributed by atoms with E-state index in [1.807, 2.05) is 12.1 Å². The molecular weight excluding hydrogens is 228 g/mol. The van der Waals surface area contributed by atoms with E-state index in [4.69, 9.17) is 14.2 Å². The standard InChI is InChI=1S/C15H20O3/c1-16-12-6-4-11(5-7-12)15-13-3-2-9-17-14(13)8-10-18-15/h4-7,13-15H,2-3,8-10H2,1H3/t13-,14+,15+/m1/s1. The van der Waals surface area contributed by atoms with E-state index in [0.29, 0.717) is 12.0 Å². The van der Waals surface area contributed by atoms with Crippen LogP contribution in [-0.4, -0.2) is 26.4 Å². The van der Waals surface area contributed by atoms with Gasteiger partial charge in [0.25, 0.3) is 0 Å². The molecule has 0 unspecified atom stereocenters. The van der Waals surface area contributed by atoms with Crippen molar-refractivity contribution in [2.75, 3.05) is 20.3 Å². The van der Waals surface area contributed by atoms with Gasteiger partial charge in [0.15, 0.2) is 0 Å². The zero-order valence-corrected chi connectivity index (χ0v) is 10.8. The molecule has 3 nitrogen and oxygen atoms in total. The lowest BCUT2D eigenvalue weighted by molar-refractivity contribution is -0.142. The Balaban J connectivity index is 1.80. The van der Waals surface area contributed by atoms with Crippen LogP contribution in [0.1, 0.15) is 30.9 Å². The normalized spacial score (nSPS) is 31.7. The summed E-state index contributed by atoms with van der Waals surface area (Å²) in [5.74, 6) is 1.41. The topological polar surface area (TPSA) is 27.7 Å². The van der Waals surface area contributed by atoms with Crippen LogP contribution in [0.3, 0.4) is 0 Å². The van der Waals surface area contributed by atoms with Gasteiger partial charge in [-0.05, 0) is 37.0 Å². The molecule has 3 heteroatoms. The first-order valence-corrected chi connectivity index (χ1v) is 6.75. The largest absolute Gasteiger partial charge is 0.497 e. The van der Waals surface area contributed by atoms with Crippen LogP contribution in [0.2, 0.25) is 0 Å². The molecule has 2 saturated heterocycles. The number of rotatable bonds is 2. The van der Waals surface area contributed by atoms with E-state index in [9.17, 15) is 0 Å². The van der Waals surface area contributed by atoms with E-state index in [1.54, 1.807) is 7.11 Å². The lowest BCUT2D eigenvalue weighted by atomic mass is 9.82. The average Bonchev–Trinajstić information content (AvgIpc) is 2.47. The molecule has 3 atom stereocenters. The predicted octanol–water partition coefficient (Wildman–Crippen LogP) is 2.95. The number of hydrogen-bond donors (Lipinski definition) is 0. The van der Waals surface area contributed by atoms with Gasteiger partial charge in [-0.2, -0.15) is 0 Å². The van der Waals surface area contributed by atoms with Gasteiger partial charge in [0.05, 0.1) is 19.3 Å². The van der Waals surface area contributed by atoms with Gasteiger partial charge in [-0.1, -0.05) is 12.1 Å². The number of fused-ring (bicyclic) bond motifs is 1. The summed E-state index contributed by atoms with van der Waals surface area (Å²) in [6.07, 6.45) is 3.98. The fourth-order valence-corrected chi connectivity index (χ4v) is 3.08. The monoisotopic (exact) mass is 248 g/mol. The molecule has 0 saturated carbocycles. The molecule has 3 rings (SSSR count). The van der Waals surface area contributed by atoms with Crippen molar-refractivity contribution in [1.82, 2.24) is 0 Å². The lowest BCUT2D eigenvalue weighted by Crippen LogP contribution is -2.39. The average molecular weight is 248 g/mol. The van der Waals surface area contributed by atoms with E-state index in [1.165, 1.54) is 12.0 Å². The second-order valence-electron chi connectivity index (χ2n) is 5.07. The highest BCUT2D eigenvalue weighted by Crippen LogP contribution is 2.40. The summed E-state index contributed by atoms with van der Waals surface area (Å²) < 4.78 is 17.1. The highest BCUT2D eigenvalue weighted by atomic mass is 16.5. The molecule has 0 amide bonds. The van der Waals surface area contributed by atoms with Crippen LogP contribution >= 0.6 is 0 Å². The van der Waals surface area contributed by atoms with Crippen molar-refractivity contribution < 1.29 is 14.2 Å². The molecule has 0 bridgehead atoms. The number of methoxy groups -OCH3 is 1. The van der Waals surface area contributed by atoms with Crippen LogP contribution in [0.4, 0.5) is 0 Å². The fraction of sp³-hybridized carbons (Fsp3) is 0.600. The van der Waals surface area contributed by atoms with Crippen molar-refractivity contribution in [3.63, 3.8) is 0 Å². The first-order valence-electron chi connectivity index (χ1n) is 6.75. The number of ether oxygens (including phenoxy) is 3. The first kappa shape index (κ1) is 12.0. The molecule has 0 N–H and O–H groups in total. The predicted molar refractivity (Wildman–Crippen MR) is 68.8 cm³/mol. The Hall–Kier alpha value is -1.06. The van der Waals surface area contributed by atoms with Crippen LogP contribution in [0.15, 0.2) is 24.3 Å². The Bertz CT molecular complexity index is 385. The van der Waals surface area contributed by atoms with Crippen molar-refractivity contribution in [1.29, 1.82) is 0 Å². The van der Waals surface area contributed by atoms with Crippen LogP contribution in [-0.2, 0) is 9.47 Å². The molecule has 1 aromatic rings. The summed E-state index contributed by atoms with van der Waals surface area (Å²) in [7, 11) is 1.69. The minimum atomic E-state index is 0.190. The van der Waals surface area contributed by atoms with Crippen LogP contribution < -0.4 is 4.74 Å². The summed E-state index contributed by atoms with van der Waals surface area (Å²) in [5, 5.41) is 0. The minimum Gasteiger partial charge on any atom is -0.497 e. The molecule has 2 aliphatic heterocycles. The molecule has 0 spiro atoms. The molecule has 1 aromatic carbocycles. The van der Waals surface area contributed by atoms with Crippen molar-refractivity contribution in [3.05, 3.63) is 29.8 Å². The van der Waals surface area contributed by atoms with Crippen LogP contribution in [0.5, 0.6) is 5.75 Å². The van der Waals surface area contributed by atoms with E-state index in [-0.39, 0.29) is 6.10 Å². The van der Waals surface area contributed by atoms with E-state index >= 15 is 0 Å². The molecule has 0 aliphatic carbocycles. The SMILES string of the molecule is COc1ccc([C@@H]2OCC[C@@H]3OCCC[C@H]32)cc1. The second kappa shape index (κ2) is 5.29. The maximum Gasteiger partial charge on any atom is 0.118 e. The van der Waals surface area contributed by atoms with Crippen molar-refractivity contribution in [2.45, 2.75) is 31.5 Å². The van der Waals surface area contributed by atoms with E-state index < -0.39 is 0 Å². The molecule has 2 fully saturated rings.